The molecule has 0 bridgehead atoms. The molecule has 0 radical (unpaired) electrons. The Morgan fingerprint density at radius 2 is 1.07 bits per heavy atom. The smallest absolute Gasteiger partial charge is 0.433 e. The fraction of sp³-hybridized carbons (Fsp3) is 0.467. The summed E-state index contributed by atoms with van der Waals surface area (Å²) in [6.07, 6.45) is -2.32. The van der Waals surface area contributed by atoms with Crippen LogP contribution in [0.5, 0.6) is 11.5 Å². The van der Waals surface area contributed by atoms with Gasteiger partial charge >= 0.3 is 24.2 Å². The lowest BCUT2D eigenvalue weighted by Crippen LogP contribution is -2.45. The third-order valence-corrected chi connectivity index (χ3v) is 6.39. The third-order valence-electron chi connectivity index (χ3n) is 6.39. The average Bonchev–Trinajstić information content (AvgIpc) is 3.16. The second kappa shape index (κ2) is 21.1. The summed E-state index contributed by atoms with van der Waals surface area (Å²) in [5.41, 5.74) is -3.74. The topological polar surface area (TPSA) is 183 Å². The van der Waals surface area contributed by atoms with Gasteiger partial charge in [-0.05, 0) is 13.8 Å². The first kappa shape index (κ1) is 47.1. The molecular weight excluding hydrogens is 774 g/mol. The maximum absolute atomic E-state index is 13.6. The van der Waals surface area contributed by atoms with Gasteiger partial charge in [-0.25, -0.2) is 35.9 Å². The molecule has 24 heteroatoms. The van der Waals surface area contributed by atoms with Gasteiger partial charge in [-0.1, -0.05) is 0 Å². The number of benzene rings is 2. The fourth-order valence-electron chi connectivity index (χ4n) is 3.15. The molecule has 0 amide bonds. The number of rotatable bonds is 12. The molecule has 3 rings (SSSR count). The van der Waals surface area contributed by atoms with Crippen molar-refractivity contribution in [3.63, 3.8) is 0 Å². The number of ether oxygens (including phenoxy) is 8. The van der Waals surface area contributed by atoms with E-state index in [2.05, 4.69) is 37.9 Å². The highest BCUT2D eigenvalue weighted by atomic mass is 19.2. The van der Waals surface area contributed by atoms with Gasteiger partial charge in [0.25, 0.3) is 0 Å². The molecule has 14 nitrogen and oxygen atoms in total. The Balaban J connectivity index is 0.000000486. The summed E-state index contributed by atoms with van der Waals surface area (Å²) in [6.45, 7) is -0.445. The van der Waals surface area contributed by atoms with E-state index in [1.165, 1.54) is 7.11 Å². The summed E-state index contributed by atoms with van der Waals surface area (Å²) in [5.74, 6) is -29.9. The van der Waals surface area contributed by atoms with Crippen molar-refractivity contribution in [3.05, 3.63) is 58.2 Å². The quantitative estimate of drug-likeness (QED) is 0.0779. The van der Waals surface area contributed by atoms with E-state index in [-0.39, 0.29) is 19.8 Å². The van der Waals surface area contributed by atoms with E-state index in [4.69, 9.17) is 5.11 Å². The Bertz CT molecular complexity index is 1590. The molecule has 2 aromatic carbocycles. The summed E-state index contributed by atoms with van der Waals surface area (Å²) < 4.78 is 168. The van der Waals surface area contributed by atoms with Gasteiger partial charge in [-0.3, -0.25) is 9.59 Å². The van der Waals surface area contributed by atoms with Crippen LogP contribution in [0.4, 0.5) is 53.5 Å². The van der Waals surface area contributed by atoms with Crippen LogP contribution in [-0.4, -0.2) is 102 Å². The lowest BCUT2D eigenvalue weighted by Gasteiger charge is -2.29. The highest BCUT2D eigenvalue weighted by Gasteiger charge is 2.44. The van der Waals surface area contributed by atoms with Crippen molar-refractivity contribution in [1.29, 1.82) is 0 Å². The van der Waals surface area contributed by atoms with Crippen LogP contribution >= 0.6 is 0 Å². The molecule has 2 N–H and O–H groups in total. The second-order valence-electron chi connectivity index (χ2n) is 10.8. The van der Waals surface area contributed by atoms with Crippen LogP contribution in [0.25, 0.3) is 0 Å². The minimum absolute atomic E-state index is 0.0503. The van der Waals surface area contributed by atoms with Crippen LogP contribution in [0.1, 0.15) is 13.8 Å². The van der Waals surface area contributed by atoms with Crippen molar-refractivity contribution < 1.29 is 111 Å². The predicted octanol–water partition coefficient (Wildman–Crippen LogP) is 4.17. The van der Waals surface area contributed by atoms with E-state index in [0.29, 0.717) is 6.61 Å². The van der Waals surface area contributed by atoms with Crippen molar-refractivity contribution in [2.45, 2.75) is 13.8 Å². The molecule has 2 aromatic rings. The molecular formula is C30H30F10O14. The normalized spacial score (nSPS) is 14.1. The van der Waals surface area contributed by atoms with Gasteiger partial charge in [0.05, 0.1) is 26.4 Å². The predicted molar refractivity (Wildman–Crippen MR) is 152 cm³/mol. The van der Waals surface area contributed by atoms with Crippen molar-refractivity contribution in [1.82, 2.24) is 0 Å². The number of carbonyl (C=O) groups excluding carboxylic acids is 4. The number of esters is 2. The maximum Gasteiger partial charge on any atom is 0.508 e. The van der Waals surface area contributed by atoms with E-state index in [1.54, 1.807) is 7.11 Å². The molecule has 1 heterocycles. The zero-order valence-corrected chi connectivity index (χ0v) is 28.2. The molecule has 0 saturated carbocycles. The minimum Gasteiger partial charge on any atom is -0.433 e. The molecule has 1 unspecified atom stereocenters. The van der Waals surface area contributed by atoms with Crippen LogP contribution in [0.2, 0.25) is 0 Å². The van der Waals surface area contributed by atoms with Gasteiger partial charge in [-0.15, -0.1) is 0 Å². The standard InChI is InChI=1S/C15H15F5O7.C12H7F5O5.C3H8O2/c1-15(5-21,6-26-14(23)25-4-3-24-2)13(22)27-12-10(19)8(17)7(16)9(18)11(12)20;1-12(2-20-11(19)21-3-12)10(18)22-9-7(16)5(14)4(13)6(15)8(9)17;1-5-3-2-4/h21H,3-6H2,1-2H3;2-3H2,1H3;4H,2-3H2,1H3. The molecule has 1 saturated heterocycles. The highest BCUT2D eigenvalue weighted by Crippen LogP contribution is 2.33. The second-order valence-corrected chi connectivity index (χ2v) is 10.8. The van der Waals surface area contributed by atoms with Crippen molar-refractivity contribution in [2.24, 2.45) is 10.8 Å². The fourth-order valence-corrected chi connectivity index (χ4v) is 3.15. The summed E-state index contributed by atoms with van der Waals surface area (Å²) in [6, 6.07) is 0. The average molecular weight is 805 g/mol. The van der Waals surface area contributed by atoms with E-state index in [0.717, 1.165) is 13.8 Å². The van der Waals surface area contributed by atoms with Gasteiger partial charge in [0.2, 0.25) is 69.7 Å². The van der Waals surface area contributed by atoms with E-state index in [9.17, 15) is 68.2 Å². The Hall–Kier alpha value is -4.94. The van der Waals surface area contributed by atoms with Crippen LogP contribution < -0.4 is 9.47 Å². The summed E-state index contributed by atoms with van der Waals surface area (Å²) >= 11 is 0. The van der Waals surface area contributed by atoms with E-state index >= 15 is 0 Å². The molecule has 1 atom stereocenters. The zero-order chi connectivity index (χ0) is 41.6. The summed E-state index contributed by atoms with van der Waals surface area (Å²) in [4.78, 5) is 45.9. The largest absolute Gasteiger partial charge is 0.508 e. The van der Waals surface area contributed by atoms with Gasteiger partial charge < -0.3 is 48.1 Å². The first-order valence-corrected chi connectivity index (χ1v) is 14.4. The van der Waals surface area contributed by atoms with Gasteiger partial charge in [-0.2, -0.15) is 17.6 Å². The lowest BCUT2D eigenvalue weighted by atomic mass is 9.92. The molecule has 304 valence electrons. The van der Waals surface area contributed by atoms with Crippen LogP contribution in [-0.2, 0) is 38.0 Å². The Labute approximate surface area is 297 Å². The number of aliphatic hydroxyl groups excluding tert-OH is 2. The maximum atomic E-state index is 13.6. The molecule has 54 heavy (non-hydrogen) atoms. The zero-order valence-electron chi connectivity index (χ0n) is 28.2. The first-order valence-electron chi connectivity index (χ1n) is 14.4. The van der Waals surface area contributed by atoms with Crippen molar-refractivity contribution >= 4 is 24.2 Å². The third kappa shape index (κ3) is 12.0. The number of hydrogen-bond donors (Lipinski definition) is 2. The lowest BCUT2D eigenvalue weighted by molar-refractivity contribution is -0.156. The van der Waals surface area contributed by atoms with E-state index < -0.39 is 131 Å². The Morgan fingerprint density at radius 1 is 0.667 bits per heavy atom. The number of halogens is 10. The molecule has 0 spiro atoms. The van der Waals surface area contributed by atoms with Crippen molar-refractivity contribution in [2.75, 3.05) is 67.1 Å². The minimum atomic E-state index is -2.43. The van der Waals surface area contributed by atoms with Crippen LogP contribution in [0.15, 0.2) is 0 Å². The monoisotopic (exact) mass is 804 g/mol. The molecule has 1 aliphatic heterocycles. The Kier molecular flexibility index (Phi) is 18.4. The van der Waals surface area contributed by atoms with Crippen LogP contribution in [0, 0.1) is 69.0 Å². The molecule has 1 fully saturated rings. The van der Waals surface area contributed by atoms with Crippen molar-refractivity contribution in [3.8, 4) is 11.5 Å². The summed E-state index contributed by atoms with van der Waals surface area (Å²) in [7, 11) is 2.89. The number of aliphatic hydroxyl groups is 2. The molecule has 0 aliphatic carbocycles. The Morgan fingerprint density at radius 3 is 1.44 bits per heavy atom. The van der Waals surface area contributed by atoms with E-state index in [1.807, 2.05) is 0 Å². The summed E-state index contributed by atoms with van der Waals surface area (Å²) in [5, 5.41) is 17.2. The number of hydrogen-bond acceptors (Lipinski definition) is 14. The number of methoxy groups -OCH3 is 2. The van der Waals surface area contributed by atoms with Gasteiger partial charge in [0, 0.05) is 14.2 Å². The first-order chi connectivity index (χ1) is 25.2. The van der Waals surface area contributed by atoms with Gasteiger partial charge in [0.1, 0.15) is 37.3 Å². The SMILES string of the molecule is CC1(C(=O)Oc2c(F)c(F)c(F)c(F)c2F)COC(=O)OC1.COCCO.COCCOC(=O)OCC(C)(CO)C(=O)Oc1c(F)c(F)c(F)c(F)c1F. The number of cyclic esters (lactones) is 2. The highest BCUT2D eigenvalue weighted by molar-refractivity contribution is 5.81. The molecule has 0 aromatic heterocycles. The molecule has 1 aliphatic rings. The van der Waals surface area contributed by atoms with Crippen LogP contribution in [0.3, 0.4) is 0 Å². The number of carbonyl (C=O) groups is 4. The van der Waals surface area contributed by atoms with Gasteiger partial charge in [0.15, 0.2) is 0 Å².